The highest BCUT2D eigenvalue weighted by atomic mass is 127. The van der Waals surface area contributed by atoms with Gasteiger partial charge >= 0.3 is 0 Å². The molecule has 7 heteroatoms. The van der Waals surface area contributed by atoms with E-state index in [9.17, 15) is 0 Å². The molecule has 0 bridgehead atoms. The molecular formula is C17H31IN4O2. The predicted octanol–water partition coefficient (Wildman–Crippen LogP) is 3.17. The number of methoxy groups -OCH3 is 1. The molecule has 0 saturated heterocycles. The van der Waals surface area contributed by atoms with Crippen molar-refractivity contribution in [2.45, 2.75) is 53.0 Å². The Morgan fingerprint density at radius 3 is 2.58 bits per heavy atom. The highest BCUT2D eigenvalue weighted by molar-refractivity contribution is 14.0. The molecule has 138 valence electrons. The predicted molar refractivity (Wildman–Crippen MR) is 107 cm³/mol. The SMILES string of the molecule is CCNC(=NCc1nc(C)c(C)o1)NCC1(CCOC)CCC1.I. The van der Waals surface area contributed by atoms with Gasteiger partial charge in [-0.3, -0.25) is 0 Å². The van der Waals surface area contributed by atoms with Crippen molar-refractivity contribution >= 4 is 29.9 Å². The number of ether oxygens (including phenoxy) is 1. The first-order chi connectivity index (χ1) is 11.1. The third-order valence-electron chi connectivity index (χ3n) is 4.67. The maximum Gasteiger partial charge on any atom is 0.216 e. The fourth-order valence-electron chi connectivity index (χ4n) is 2.88. The Morgan fingerprint density at radius 1 is 1.33 bits per heavy atom. The zero-order valence-electron chi connectivity index (χ0n) is 15.3. The first kappa shape index (κ1) is 21.2. The van der Waals surface area contributed by atoms with Crippen molar-refractivity contribution in [2.75, 3.05) is 26.8 Å². The van der Waals surface area contributed by atoms with Crippen molar-refractivity contribution in [1.82, 2.24) is 15.6 Å². The summed E-state index contributed by atoms with van der Waals surface area (Å²) in [5, 5.41) is 6.77. The summed E-state index contributed by atoms with van der Waals surface area (Å²) in [5.74, 6) is 2.35. The molecule has 0 aliphatic heterocycles. The van der Waals surface area contributed by atoms with Crippen LogP contribution < -0.4 is 10.6 Å². The molecule has 0 spiro atoms. The largest absolute Gasteiger partial charge is 0.444 e. The number of aromatic nitrogens is 1. The Kier molecular flexibility index (Phi) is 9.04. The number of aryl methyl sites for hydroxylation is 2. The first-order valence-electron chi connectivity index (χ1n) is 8.52. The Labute approximate surface area is 162 Å². The molecular weight excluding hydrogens is 419 g/mol. The zero-order valence-corrected chi connectivity index (χ0v) is 17.6. The lowest BCUT2D eigenvalue weighted by atomic mass is 9.67. The smallest absolute Gasteiger partial charge is 0.216 e. The topological polar surface area (TPSA) is 71.7 Å². The Balaban J connectivity index is 0.00000288. The van der Waals surface area contributed by atoms with E-state index in [1.807, 2.05) is 13.8 Å². The number of halogens is 1. The fraction of sp³-hybridized carbons (Fsp3) is 0.765. The van der Waals surface area contributed by atoms with Crippen molar-refractivity contribution in [3.8, 4) is 0 Å². The minimum atomic E-state index is 0. The Morgan fingerprint density at radius 2 is 2.08 bits per heavy atom. The monoisotopic (exact) mass is 450 g/mol. The van der Waals surface area contributed by atoms with E-state index in [0.29, 0.717) is 17.9 Å². The number of oxazole rings is 1. The van der Waals surface area contributed by atoms with Gasteiger partial charge in [0.05, 0.1) is 5.69 Å². The summed E-state index contributed by atoms with van der Waals surface area (Å²) in [6.45, 7) is 8.99. The quantitative estimate of drug-likeness (QED) is 0.362. The molecule has 1 aliphatic carbocycles. The van der Waals surface area contributed by atoms with E-state index in [4.69, 9.17) is 9.15 Å². The van der Waals surface area contributed by atoms with Crippen LogP contribution in [0.5, 0.6) is 0 Å². The van der Waals surface area contributed by atoms with Gasteiger partial charge in [0.2, 0.25) is 5.89 Å². The van der Waals surface area contributed by atoms with Crippen LogP contribution in [0.1, 0.15) is 50.0 Å². The molecule has 0 unspecified atom stereocenters. The van der Waals surface area contributed by atoms with E-state index in [0.717, 1.165) is 43.5 Å². The molecule has 1 aromatic heterocycles. The first-order valence-corrected chi connectivity index (χ1v) is 8.52. The van der Waals surface area contributed by atoms with Crippen LogP contribution in [0.4, 0.5) is 0 Å². The van der Waals surface area contributed by atoms with Crippen LogP contribution in [0.2, 0.25) is 0 Å². The fourth-order valence-corrected chi connectivity index (χ4v) is 2.88. The summed E-state index contributed by atoms with van der Waals surface area (Å²) in [5.41, 5.74) is 1.30. The van der Waals surface area contributed by atoms with Crippen molar-refractivity contribution in [1.29, 1.82) is 0 Å². The minimum Gasteiger partial charge on any atom is -0.444 e. The summed E-state index contributed by atoms with van der Waals surface area (Å²) in [6, 6.07) is 0. The molecule has 0 atom stereocenters. The summed E-state index contributed by atoms with van der Waals surface area (Å²) in [4.78, 5) is 8.96. The van der Waals surface area contributed by atoms with Crippen molar-refractivity contribution in [2.24, 2.45) is 10.4 Å². The lowest BCUT2D eigenvalue weighted by molar-refractivity contribution is 0.0732. The number of guanidine groups is 1. The summed E-state index contributed by atoms with van der Waals surface area (Å²) < 4.78 is 10.8. The van der Waals surface area contributed by atoms with Gasteiger partial charge in [-0.2, -0.15) is 0 Å². The molecule has 0 aromatic carbocycles. The second-order valence-electron chi connectivity index (χ2n) is 6.39. The minimum absolute atomic E-state index is 0. The van der Waals surface area contributed by atoms with Gasteiger partial charge in [0.1, 0.15) is 12.3 Å². The van der Waals surface area contributed by atoms with Gasteiger partial charge in [-0.1, -0.05) is 6.42 Å². The Bertz CT molecular complexity index is 507. The van der Waals surface area contributed by atoms with E-state index < -0.39 is 0 Å². The average Bonchev–Trinajstić information content (AvgIpc) is 2.81. The molecule has 0 amide bonds. The molecule has 2 rings (SSSR count). The summed E-state index contributed by atoms with van der Waals surface area (Å²) >= 11 is 0. The van der Waals surface area contributed by atoms with Gasteiger partial charge in [0.15, 0.2) is 5.96 Å². The molecule has 1 aliphatic rings. The van der Waals surface area contributed by atoms with E-state index in [1.165, 1.54) is 19.3 Å². The van der Waals surface area contributed by atoms with Crippen LogP contribution in [0, 0.1) is 19.3 Å². The molecule has 1 saturated carbocycles. The second kappa shape index (κ2) is 10.2. The van der Waals surface area contributed by atoms with E-state index in [1.54, 1.807) is 7.11 Å². The highest BCUT2D eigenvalue weighted by Gasteiger charge is 2.36. The molecule has 1 heterocycles. The lowest BCUT2D eigenvalue weighted by Gasteiger charge is -2.42. The molecule has 24 heavy (non-hydrogen) atoms. The van der Waals surface area contributed by atoms with Crippen LogP contribution in [0.25, 0.3) is 0 Å². The van der Waals surface area contributed by atoms with Gasteiger partial charge in [-0.05, 0) is 45.4 Å². The Hall–Kier alpha value is -0.830. The summed E-state index contributed by atoms with van der Waals surface area (Å²) in [7, 11) is 1.77. The maximum atomic E-state index is 5.58. The third kappa shape index (κ3) is 5.91. The van der Waals surface area contributed by atoms with Crippen LogP contribution >= 0.6 is 24.0 Å². The van der Waals surface area contributed by atoms with Gasteiger partial charge in [0, 0.05) is 26.8 Å². The molecule has 2 N–H and O–H groups in total. The number of hydrogen-bond donors (Lipinski definition) is 2. The van der Waals surface area contributed by atoms with Crippen LogP contribution in [-0.2, 0) is 11.3 Å². The van der Waals surface area contributed by atoms with Crippen LogP contribution in [-0.4, -0.2) is 37.7 Å². The zero-order chi connectivity index (χ0) is 16.7. The van der Waals surface area contributed by atoms with E-state index in [-0.39, 0.29) is 24.0 Å². The highest BCUT2D eigenvalue weighted by Crippen LogP contribution is 2.43. The number of rotatable bonds is 8. The van der Waals surface area contributed by atoms with Gasteiger partial charge in [-0.25, -0.2) is 9.98 Å². The average molecular weight is 450 g/mol. The van der Waals surface area contributed by atoms with Gasteiger partial charge in [0.25, 0.3) is 0 Å². The van der Waals surface area contributed by atoms with Crippen molar-refractivity contribution < 1.29 is 9.15 Å². The van der Waals surface area contributed by atoms with Crippen molar-refractivity contribution in [3.63, 3.8) is 0 Å². The van der Waals surface area contributed by atoms with Gasteiger partial charge < -0.3 is 19.8 Å². The number of nitrogens with one attached hydrogen (secondary N) is 2. The third-order valence-corrected chi connectivity index (χ3v) is 4.67. The molecule has 6 nitrogen and oxygen atoms in total. The van der Waals surface area contributed by atoms with Crippen LogP contribution in [0.3, 0.4) is 0 Å². The van der Waals surface area contributed by atoms with E-state index in [2.05, 4.69) is 27.5 Å². The summed E-state index contributed by atoms with van der Waals surface area (Å²) in [6.07, 6.45) is 4.95. The second-order valence-corrected chi connectivity index (χ2v) is 6.39. The number of hydrogen-bond acceptors (Lipinski definition) is 4. The maximum absolute atomic E-state index is 5.58. The van der Waals surface area contributed by atoms with Crippen LogP contribution in [0.15, 0.2) is 9.41 Å². The van der Waals surface area contributed by atoms with E-state index >= 15 is 0 Å². The molecule has 0 radical (unpaired) electrons. The standard InChI is InChI=1S/C17H30N4O2.HI/c1-5-18-16(19-11-15-21-13(2)14(3)23-15)20-12-17(7-6-8-17)9-10-22-4;/h5-12H2,1-4H3,(H2,18,19,20);1H. The normalized spacial score (nSPS) is 16.2. The molecule has 1 aromatic rings. The number of aliphatic imine (C=N–C) groups is 1. The van der Waals surface area contributed by atoms with Gasteiger partial charge in [-0.15, -0.1) is 24.0 Å². The molecule has 1 fully saturated rings. The van der Waals surface area contributed by atoms with Crippen molar-refractivity contribution in [3.05, 3.63) is 17.3 Å². The number of nitrogens with zero attached hydrogens (tertiary/aromatic N) is 2. The lowest BCUT2D eigenvalue weighted by Crippen LogP contribution is -2.46.